The van der Waals surface area contributed by atoms with E-state index in [1.54, 1.807) is 11.8 Å². The second-order valence-corrected chi connectivity index (χ2v) is 6.37. The predicted octanol–water partition coefficient (Wildman–Crippen LogP) is 3.46. The van der Waals surface area contributed by atoms with E-state index < -0.39 is 0 Å². The maximum Gasteiger partial charge on any atom is 0.329 e. The molecule has 0 spiro atoms. The molecule has 0 radical (unpaired) electrons. The first-order chi connectivity index (χ1) is 13.2. The lowest BCUT2D eigenvalue weighted by Crippen LogP contribution is -2.52. The van der Waals surface area contributed by atoms with Crippen molar-refractivity contribution >= 4 is 23.4 Å². The summed E-state index contributed by atoms with van der Waals surface area (Å²) in [5, 5.41) is 7.94. The Kier molecular flexibility index (Phi) is 4.74. The molecule has 0 bridgehead atoms. The van der Waals surface area contributed by atoms with Crippen LogP contribution < -0.4 is 9.80 Å². The lowest BCUT2D eigenvalue weighted by molar-refractivity contribution is 0.202. The van der Waals surface area contributed by atoms with E-state index in [2.05, 4.69) is 10.2 Å². The number of urea groups is 1. The van der Waals surface area contributed by atoms with E-state index in [9.17, 15) is 4.79 Å². The number of hydrogen-bond donors (Lipinski definition) is 0. The van der Waals surface area contributed by atoms with Gasteiger partial charge in [-0.15, -0.1) is 5.10 Å². The van der Waals surface area contributed by atoms with Crippen molar-refractivity contribution in [1.29, 1.82) is 0 Å². The standard InChI is InChI=1S/C20H21N5O2/c1-16-21-22-19(27-16)23-12-14-24(15-13-23)20(26)25(17-8-4-2-5-9-17)18-10-6-3-7-11-18/h2-11H,12-15H2,1H3. The van der Waals surface area contributed by atoms with Gasteiger partial charge in [-0.2, -0.15) is 0 Å². The van der Waals surface area contributed by atoms with E-state index in [1.807, 2.05) is 70.5 Å². The zero-order chi connectivity index (χ0) is 18.6. The fraction of sp³-hybridized carbons (Fsp3) is 0.250. The zero-order valence-electron chi connectivity index (χ0n) is 15.2. The Bertz CT molecular complexity index is 850. The summed E-state index contributed by atoms with van der Waals surface area (Å²) in [6.45, 7) is 4.27. The van der Waals surface area contributed by atoms with Gasteiger partial charge >= 0.3 is 12.0 Å². The van der Waals surface area contributed by atoms with Crippen LogP contribution in [0.25, 0.3) is 0 Å². The minimum Gasteiger partial charge on any atom is -0.408 e. The van der Waals surface area contributed by atoms with Crippen LogP contribution in [-0.2, 0) is 0 Å². The van der Waals surface area contributed by atoms with Crippen LogP contribution in [-0.4, -0.2) is 47.3 Å². The largest absolute Gasteiger partial charge is 0.408 e. The zero-order valence-corrected chi connectivity index (χ0v) is 15.2. The molecule has 2 aromatic carbocycles. The average molecular weight is 363 g/mol. The fourth-order valence-corrected chi connectivity index (χ4v) is 3.17. The van der Waals surface area contributed by atoms with Crippen LogP contribution in [0.15, 0.2) is 65.1 Å². The molecule has 27 heavy (non-hydrogen) atoms. The quantitative estimate of drug-likeness (QED) is 0.713. The van der Waals surface area contributed by atoms with Crippen LogP contribution in [0.2, 0.25) is 0 Å². The number of carbonyl (C=O) groups excluding carboxylic acids is 1. The maximum atomic E-state index is 13.3. The van der Waals surface area contributed by atoms with Gasteiger partial charge in [0.15, 0.2) is 0 Å². The summed E-state index contributed by atoms with van der Waals surface area (Å²) in [7, 11) is 0. The van der Waals surface area contributed by atoms with Gasteiger partial charge in [-0.25, -0.2) is 4.79 Å². The molecule has 1 aromatic heterocycles. The Hall–Kier alpha value is -3.35. The number of aromatic nitrogens is 2. The molecule has 0 N–H and O–H groups in total. The summed E-state index contributed by atoms with van der Waals surface area (Å²) in [4.78, 5) is 19.0. The van der Waals surface area contributed by atoms with Gasteiger partial charge in [-0.05, 0) is 24.3 Å². The van der Waals surface area contributed by atoms with Crippen LogP contribution in [0.4, 0.5) is 22.2 Å². The van der Waals surface area contributed by atoms with Crippen molar-refractivity contribution in [3.63, 3.8) is 0 Å². The van der Waals surface area contributed by atoms with Gasteiger partial charge in [-0.3, -0.25) is 4.90 Å². The van der Waals surface area contributed by atoms with Crippen LogP contribution >= 0.6 is 0 Å². The molecule has 3 aromatic rings. The predicted molar refractivity (Wildman–Crippen MR) is 103 cm³/mol. The molecule has 2 amide bonds. The number of para-hydroxylation sites is 2. The number of benzene rings is 2. The first kappa shape index (κ1) is 17.1. The molecule has 138 valence electrons. The first-order valence-electron chi connectivity index (χ1n) is 8.96. The van der Waals surface area contributed by atoms with Crippen molar-refractivity contribution < 1.29 is 9.21 Å². The molecule has 0 saturated carbocycles. The summed E-state index contributed by atoms with van der Waals surface area (Å²) < 4.78 is 5.49. The van der Waals surface area contributed by atoms with Gasteiger partial charge < -0.3 is 14.2 Å². The minimum atomic E-state index is -0.0336. The van der Waals surface area contributed by atoms with Crippen LogP contribution in [0, 0.1) is 6.92 Å². The Morgan fingerprint density at radius 2 is 1.44 bits per heavy atom. The highest BCUT2D eigenvalue weighted by molar-refractivity contribution is 5.99. The van der Waals surface area contributed by atoms with Crippen LogP contribution in [0.5, 0.6) is 0 Å². The van der Waals surface area contributed by atoms with E-state index in [-0.39, 0.29) is 6.03 Å². The topological polar surface area (TPSA) is 65.7 Å². The molecule has 0 unspecified atom stereocenters. The highest BCUT2D eigenvalue weighted by Gasteiger charge is 2.28. The summed E-state index contributed by atoms with van der Waals surface area (Å²) in [5.74, 6) is 0.544. The molecule has 1 aliphatic rings. The Labute approximate surface area is 157 Å². The lowest BCUT2D eigenvalue weighted by Gasteiger charge is -2.36. The van der Waals surface area contributed by atoms with Crippen LogP contribution in [0.1, 0.15) is 5.89 Å². The second kappa shape index (κ2) is 7.49. The number of rotatable bonds is 3. The third-order valence-corrected chi connectivity index (χ3v) is 4.56. The number of hydrogen-bond acceptors (Lipinski definition) is 5. The van der Waals surface area contributed by atoms with Crippen molar-refractivity contribution in [2.45, 2.75) is 6.92 Å². The number of amides is 2. The van der Waals surface area contributed by atoms with Gasteiger partial charge in [0.1, 0.15) is 0 Å². The van der Waals surface area contributed by atoms with Crippen molar-refractivity contribution in [1.82, 2.24) is 15.1 Å². The lowest BCUT2D eigenvalue weighted by atomic mass is 10.2. The second-order valence-electron chi connectivity index (χ2n) is 6.37. The van der Waals surface area contributed by atoms with E-state index in [1.165, 1.54) is 0 Å². The highest BCUT2D eigenvalue weighted by Crippen LogP contribution is 2.27. The molecule has 1 saturated heterocycles. The Balaban J connectivity index is 1.53. The van der Waals surface area contributed by atoms with E-state index in [0.29, 0.717) is 38.1 Å². The molecule has 1 aliphatic heterocycles. The molecule has 4 rings (SSSR count). The summed E-state index contributed by atoms with van der Waals surface area (Å²) in [5.41, 5.74) is 1.70. The first-order valence-corrected chi connectivity index (χ1v) is 8.96. The summed E-state index contributed by atoms with van der Waals surface area (Å²) in [6, 6.07) is 19.9. The molecular weight excluding hydrogens is 342 g/mol. The fourth-order valence-electron chi connectivity index (χ4n) is 3.17. The van der Waals surface area contributed by atoms with Crippen LogP contribution in [0.3, 0.4) is 0 Å². The Morgan fingerprint density at radius 3 is 1.93 bits per heavy atom. The summed E-state index contributed by atoms with van der Waals surface area (Å²) >= 11 is 0. The number of piperazine rings is 1. The normalized spacial score (nSPS) is 14.3. The Morgan fingerprint density at radius 1 is 0.889 bits per heavy atom. The molecule has 2 heterocycles. The van der Waals surface area contributed by atoms with Gasteiger partial charge in [-0.1, -0.05) is 41.5 Å². The van der Waals surface area contributed by atoms with Crippen molar-refractivity contribution in [2.75, 3.05) is 36.0 Å². The molecular formula is C20H21N5O2. The van der Waals surface area contributed by atoms with E-state index >= 15 is 0 Å². The number of anilines is 3. The number of aryl methyl sites for hydroxylation is 1. The average Bonchev–Trinajstić information content (AvgIpc) is 3.16. The molecule has 7 nitrogen and oxygen atoms in total. The van der Waals surface area contributed by atoms with Gasteiger partial charge in [0, 0.05) is 33.1 Å². The van der Waals surface area contributed by atoms with E-state index in [4.69, 9.17) is 4.42 Å². The van der Waals surface area contributed by atoms with Gasteiger partial charge in [0.05, 0.1) is 11.4 Å². The van der Waals surface area contributed by atoms with Gasteiger partial charge in [0.25, 0.3) is 0 Å². The molecule has 0 atom stereocenters. The minimum absolute atomic E-state index is 0.0336. The third kappa shape index (κ3) is 3.62. The molecule has 0 aliphatic carbocycles. The van der Waals surface area contributed by atoms with Gasteiger partial charge in [0.2, 0.25) is 5.89 Å². The molecule has 1 fully saturated rings. The molecule has 7 heteroatoms. The van der Waals surface area contributed by atoms with Crippen molar-refractivity contribution in [3.05, 3.63) is 66.6 Å². The third-order valence-electron chi connectivity index (χ3n) is 4.56. The number of carbonyl (C=O) groups is 1. The smallest absolute Gasteiger partial charge is 0.329 e. The summed E-state index contributed by atoms with van der Waals surface area (Å²) in [6.07, 6.45) is 0. The maximum absolute atomic E-state index is 13.3. The SMILES string of the molecule is Cc1nnc(N2CCN(C(=O)N(c3ccccc3)c3ccccc3)CC2)o1. The van der Waals surface area contributed by atoms with Crippen molar-refractivity contribution in [3.8, 4) is 0 Å². The number of nitrogens with zero attached hydrogens (tertiary/aromatic N) is 5. The van der Waals surface area contributed by atoms with E-state index in [0.717, 1.165) is 11.4 Å². The highest BCUT2D eigenvalue weighted by atomic mass is 16.4. The van der Waals surface area contributed by atoms with Crippen molar-refractivity contribution in [2.24, 2.45) is 0 Å². The monoisotopic (exact) mass is 363 g/mol.